The lowest BCUT2D eigenvalue weighted by Crippen LogP contribution is -2.17. The zero-order valence-electron chi connectivity index (χ0n) is 11.4. The first-order valence-corrected chi connectivity index (χ1v) is 7.56. The van der Waals surface area contributed by atoms with Crippen LogP contribution in [0.1, 0.15) is 50.5 Å². The van der Waals surface area contributed by atoms with Gasteiger partial charge >= 0.3 is 0 Å². The highest BCUT2D eigenvalue weighted by molar-refractivity contribution is 6.02. The topological polar surface area (TPSA) is 12.4 Å². The van der Waals surface area contributed by atoms with Gasteiger partial charge in [-0.1, -0.05) is 43.4 Å². The summed E-state index contributed by atoms with van der Waals surface area (Å²) in [6.45, 7) is 0. The maximum absolute atomic E-state index is 4.87. The van der Waals surface area contributed by atoms with E-state index in [0.29, 0.717) is 12.0 Å². The Balaban J connectivity index is 1.77. The molecule has 98 valence electrons. The third kappa shape index (κ3) is 3.70. The van der Waals surface area contributed by atoms with Crippen molar-refractivity contribution < 1.29 is 0 Å². The number of benzene rings is 1. The van der Waals surface area contributed by atoms with E-state index < -0.39 is 0 Å². The van der Waals surface area contributed by atoms with Crippen molar-refractivity contribution in [3.63, 3.8) is 0 Å². The van der Waals surface area contributed by atoms with Gasteiger partial charge in [0.25, 0.3) is 0 Å². The van der Waals surface area contributed by atoms with Gasteiger partial charge in [-0.3, -0.25) is 4.99 Å². The molecule has 0 saturated heterocycles. The van der Waals surface area contributed by atoms with Gasteiger partial charge in [-0.25, -0.2) is 0 Å². The van der Waals surface area contributed by atoms with Crippen LogP contribution in [-0.2, 0) is 0 Å². The van der Waals surface area contributed by atoms with Gasteiger partial charge in [0.15, 0.2) is 0 Å². The maximum Gasteiger partial charge on any atom is 0.0881 e. The van der Waals surface area contributed by atoms with Crippen LogP contribution in [0.25, 0.3) is 0 Å². The van der Waals surface area contributed by atoms with Gasteiger partial charge in [0.1, 0.15) is 0 Å². The van der Waals surface area contributed by atoms with Crippen molar-refractivity contribution in [3.8, 4) is 11.8 Å². The second-order valence-corrected chi connectivity index (χ2v) is 5.70. The molecule has 0 bridgehead atoms. The third-order valence-corrected chi connectivity index (χ3v) is 3.97. The molecule has 0 aromatic heterocycles. The summed E-state index contributed by atoms with van der Waals surface area (Å²) in [4.78, 5) is 4.87. The lowest BCUT2D eigenvalue weighted by atomic mass is 9.86. The maximum atomic E-state index is 4.87. The van der Waals surface area contributed by atoms with Gasteiger partial charge in [-0.2, -0.15) is 0 Å². The molecule has 0 aliphatic heterocycles. The first-order valence-electron chi connectivity index (χ1n) is 7.56. The van der Waals surface area contributed by atoms with Crippen LogP contribution < -0.4 is 0 Å². The standard InChI is InChI=1S/C18H21N/c1-3-7-15(8-4-1)11-14-18(19-17-12-13-17)16-9-5-2-6-10-16/h1,3-4,7-8,16-17H,2,5-6,9-10,12-13H2. The van der Waals surface area contributed by atoms with Crippen molar-refractivity contribution in [2.24, 2.45) is 10.9 Å². The Bertz CT molecular complexity index is 493. The van der Waals surface area contributed by atoms with Crippen LogP contribution in [0, 0.1) is 17.8 Å². The van der Waals surface area contributed by atoms with Crippen molar-refractivity contribution in [3.05, 3.63) is 35.9 Å². The van der Waals surface area contributed by atoms with E-state index in [1.165, 1.54) is 50.7 Å². The molecule has 0 unspecified atom stereocenters. The fraction of sp³-hybridized carbons (Fsp3) is 0.500. The zero-order chi connectivity index (χ0) is 12.9. The predicted molar refractivity (Wildman–Crippen MR) is 80.4 cm³/mol. The molecule has 2 saturated carbocycles. The Morgan fingerprint density at radius 2 is 1.68 bits per heavy atom. The Labute approximate surface area is 116 Å². The van der Waals surface area contributed by atoms with Crippen molar-refractivity contribution in [2.45, 2.75) is 51.0 Å². The van der Waals surface area contributed by atoms with E-state index in [0.717, 1.165) is 5.56 Å². The highest BCUT2D eigenvalue weighted by Crippen LogP contribution is 2.29. The van der Waals surface area contributed by atoms with Crippen molar-refractivity contribution in [1.82, 2.24) is 0 Å². The molecule has 0 N–H and O–H groups in total. The van der Waals surface area contributed by atoms with Gasteiger partial charge in [-0.15, -0.1) is 0 Å². The molecule has 0 heterocycles. The Hall–Kier alpha value is -1.55. The van der Waals surface area contributed by atoms with E-state index in [-0.39, 0.29) is 0 Å². The summed E-state index contributed by atoms with van der Waals surface area (Å²) in [6, 6.07) is 10.9. The van der Waals surface area contributed by atoms with E-state index in [1.54, 1.807) is 0 Å². The SMILES string of the molecule is C(#Cc1ccccc1)C(=NC1CC1)C1CCCCC1. The number of rotatable bonds is 2. The number of hydrogen-bond donors (Lipinski definition) is 0. The molecule has 0 amide bonds. The minimum absolute atomic E-state index is 0.585. The summed E-state index contributed by atoms with van der Waals surface area (Å²) in [5.41, 5.74) is 2.29. The van der Waals surface area contributed by atoms with Crippen LogP contribution in [0.4, 0.5) is 0 Å². The van der Waals surface area contributed by atoms with Gasteiger partial charge in [0.05, 0.1) is 11.8 Å². The van der Waals surface area contributed by atoms with Crippen LogP contribution in [-0.4, -0.2) is 11.8 Å². The quantitative estimate of drug-likeness (QED) is 0.551. The van der Waals surface area contributed by atoms with E-state index in [2.05, 4.69) is 24.0 Å². The Morgan fingerprint density at radius 1 is 0.947 bits per heavy atom. The highest BCUT2D eigenvalue weighted by Gasteiger charge is 2.24. The molecule has 3 rings (SSSR count). The predicted octanol–water partition coefficient (Wildman–Crippen LogP) is 4.22. The molecule has 2 aliphatic rings. The lowest BCUT2D eigenvalue weighted by molar-refractivity contribution is 0.440. The molecule has 2 fully saturated rings. The van der Waals surface area contributed by atoms with Crippen LogP contribution in [0.5, 0.6) is 0 Å². The summed E-state index contributed by atoms with van der Waals surface area (Å²) in [5.74, 6) is 7.30. The molecule has 0 atom stereocenters. The first-order chi connectivity index (χ1) is 9.42. The Morgan fingerprint density at radius 3 is 2.37 bits per heavy atom. The van der Waals surface area contributed by atoms with Crippen molar-refractivity contribution in [2.75, 3.05) is 0 Å². The minimum Gasteiger partial charge on any atom is -0.277 e. The van der Waals surface area contributed by atoms with Gasteiger partial charge in [0.2, 0.25) is 0 Å². The largest absolute Gasteiger partial charge is 0.277 e. The van der Waals surface area contributed by atoms with Crippen molar-refractivity contribution >= 4 is 5.71 Å². The van der Waals surface area contributed by atoms with Gasteiger partial charge < -0.3 is 0 Å². The second-order valence-electron chi connectivity index (χ2n) is 5.70. The third-order valence-electron chi connectivity index (χ3n) is 3.97. The monoisotopic (exact) mass is 251 g/mol. The van der Waals surface area contributed by atoms with Crippen LogP contribution in [0.2, 0.25) is 0 Å². The molecule has 0 spiro atoms. The average molecular weight is 251 g/mol. The van der Waals surface area contributed by atoms with E-state index in [4.69, 9.17) is 4.99 Å². The van der Waals surface area contributed by atoms with Crippen LogP contribution in [0.15, 0.2) is 35.3 Å². The molecule has 19 heavy (non-hydrogen) atoms. The normalized spacial score (nSPS) is 20.7. The minimum atomic E-state index is 0.585. The van der Waals surface area contributed by atoms with E-state index in [1.807, 2.05) is 18.2 Å². The molecule has 1 aromatic rings. The number of hydrogen-bond acceptors (Lipinski definition) is 1. The molecule has 2 aliphatic carbocycles. The van der Waals surface area contributed by atoms with E-state index in [9.17, 15) is 0 Å². The van der Waals surface area contributed by atoms with Crippen LogP contribution >= 0.6 is 0 Å². The molecular weight excluding hydrogens is 230 g/mol. The average Bonchev–Trinajstić information content (AvgIpc) is 3.29. The number of aliphatic imine (C=N–C) groups is 1. The first kappa shape index (κ1) is 12.5. The summed E-state index contributed by atoms with van der Waals surface area (Å²) < 4.78 is 0. The summed E-state index contributed by atoms with van der Waals surface area (Å²) in [7, 11) is 0. The highest BCUT2D eigenvalue weighted by atomic mass is 14.8. The fourth-order valence-corrected chi connectivity index (χ4v) is 2.67. The fourth-order valence-electron chi connectivity index (χ4n) is 2.67. The second kappa shape index (κ2) is 6.06. The summed E-state index contributed by atoms with van der Waals surface area (Å²) >= 11 is 0. The number of nitrogens with zero attached hydrogens (tertiary/aromatic N) is 1. The smallest absolute Gasteiger partial charge is 0.0881 e. The van der Waals surface area contributed by atoms with Crippen molar-refractivity contribution in [1.29, 1.82) is 0 Å². The van der Waals surface area contributed by atoms with Gasteiger partial charge in [0, 0.05) is 11.5 Å². The molecular formula is C18H21N. The van der Waals surface area contributed by atoms with Crippen LogP contribution in [0.3, 0.4) is 0 Å². The molecule has 1 nitrogen and oxygen atoms in total. The van der Waals surface area contributed by atoms with Gasteiger partial charge in [-0.05, 0) is 43.7 Å². The molecule has 0 radical (unpaired) electrons. The molecule has 1 aromatic carbocycles. The Kier molecular flexibility index (Phi) is 3.98. The summed E-state index contributed by atoms with van der Waals surface area (Å²) in [6.07, 6.45) is 9.19. The molecule has 1 heteroatoms. The zero-order valence-corrected chi connectivity index (χ0v) is 11.4. The van der Waals surface area contributed by atoms with E-state index >= 15 is 0 Å². The lowest BCUT2D eigenvalue weighted by Gasteiger charge is -2.20. The summed E-state index contributed by atoms with van der Waals surface area (Å²) in [5, 5.41) is 0.